The molecule has 0 fully saturated rings. The van der Waals surface area contributed by atoms with Crippen molar-refractivity contribution in [2.75, 3.05) is 19.5 Å². The lowest BCUT2D eigenvalue weighted by Gasteiger charge is -2.19. The monoisotopic (exact) mass is 311 g/mol. The molecule has 23 heavy (non-hydrogen) atoms. The van der Waals surface area contributed by atoms with Gasteiger partial charge in [-0.3, -0.25) is 4.79 Å². The molecule has 0 saturated heterocycles. The van der Waals surface area contributed by atoms with E-state index in [1.165, 1.54) is 24.0 Å². The van der Waals surface area contributed by atoms with Crippen molar-refractivity contribution in [3.8, 4) is 11.5 Å². The Kier molecular flexibility index (Phi) is 4.51. The molecule has 0 saturated carbocycles. The summed E-state index contributed by atoms with van der Waals surface area (Å²) in [4.78, 5) is 12.5. The van der Waals surface area contributed by atoms with Crippen LogP contribution < -0.4 is 14.8 Å². The number of nitrogens with one attached hydrogen (secondary N) is 1. The van der Waals surface area contributed by atoms with E-state index >= 15 is 0 Å². The van der Waals surface area contributed by atoms with Crippen LogP contribution in [0.25, 0.3) is 0 Å². The van der Waals surface area contributed by atoms with Crippen LogP contribution in [0.2, 0.25) is 0 Å². The van der Waals surface area contributed by atoms with Gasteiger partial charge in [-0.05, 0) is 67.1 Å². The van der Waals surface area contributed by atoms with Crippen molar-refractivity contribution in [1.29, 1.82) is 0 Å². The zero-order valence-corrected chi connectivity index (χ0v) is 13.5. The smallest absolute Gasteiger partial charge is 0.255 e. The molecule has 3 rings (SSSR count). The van der Waals surface area contributed by atoms with E-state index in [0.29, 0.717) is 17.1 Å². The van der Waals surface area contributed by atoms with Gasteiger partial charge in [0.1, 0.15) is 11.5 Å². The van der Waals surface area contributed by atoms with Gasteiger partial charge in [-0.25, -0.2) is 0 Å². The van der Waals surface area contributed by atoms with Gasteiger partial charge in [-0.1, -0.05) is 6.07 Å². The zero-order chi connectivity index (χ0) is 16.2. The van der Waals surface area contributed by atoms with Crippen LogP contribution >= 0.6 is 0 Å². The average Bonchev–Trinajstić information content (AvgIpc) is 2.61. The SMILES string of the molecule is COc1cccc(C(=O)Nc2cc3c(cc2OC)CCCC3)c1. The maximum absolute atomic E-state index is 12.5. The van der Waals surface area contributed by atoms with Crippen LogP contribution in [0.4, 0.5) is 5.69 Å². The van der Waals surface area contributed by atoms with Crippen LogP contribution in [-0.2, 0) is 12.8 Å². The summed E-state index contributed by atoms with van der Waals surface area (Å²) >= 11 is 0. The minimum absolute atomic E-state index is 0.169. The molecular formula is C19H21NO3. The third kappa shape index (κ3) is 3.31. The van der Waals surface area contributed by atoms with Crippen molar-refractivity contribution in [2.45, 2.75) is 25.7 Å². The molecule has 0 atom stereocenters. The van der Waals surface area contributed by atoms with Crippen molar-refractivity contribution in [3.63, 3.8) is 0 Å². The Hall–Kier alpha value is -2.49. The predicted octanol–water partition coefficient (Wildman–Crippen LogP) is 3.83. The van der Waals surface area contributed by atoms with Crippen molar-refractivity contribution in [2.24, 2.45) is 0 Å². The van der Waals surface area contributed by atoms with E-state index < -0.39 is 0 Å². The summed E-state index contributed by atoms with van der Waals surface area (Å²) in [6.07, 6.45) is 4.55. The van der Waals surface area contributed by atoms with Gasteiger partial charge in [0.15, 0.2) is 0 Å². The number of rotatable bonds is 4. The van der Waals surface area contributed by atoms with E-state index in [-0.39, 0.29) is 5.91 Å². The van der Waals surface area contributed by atoms with Gasteiger partial charge in [0.2, 0.25) is 0 Å². The molecule has 4 nitrogen and oxygen atoms in total. The quantitative estimate of drug-likeness (QED) is 0.933. The summed E-state index contributed by atoms with van der Waals surface area (Å²) in [6, 6.07) is 11.2. The second-order valence-corrected chi connectivity index (χ2v) is 5.71. The second-order valence-electron chi connectivity index (χ2n) is 5.71. The number of ether oxygens (including phenoxy) is 2. The number of anilines is 1. The molecule has 0 spiro atoms. The van der Waals surface area contributed by atoms with E-state index in [1.807, 2.05) is 12.1 Å². The first-order chi connectivity index (χ1) is 11.2. The fourth-order valence-corrected chi connectivity index (χ4v) is 2.99. The molecule has 1 aliphatic carbocycles. The standard InChI is InChI=1S/C19H21NO3/c1-22-16-9-5-8-15(10-16)19(21)20-17-11-13-6-3-4-7-14(13)12-18(17)23-2/h5,8-12H,3-4,6-7H2,1-2H3,(H,20,21). The number of aryl methyl sites for hydroxylation is 2. The highest BCUT2D eigenvalue weighted by Crippen LogP contribution is 2.33. The molecule has 1 N–H and O–H groups in total. The molecule has 2 aromatic carbocycles. The van der Waals surface area contributed by atoms with E-state index in [0.717, 1.165) is 18.5 Å². The van der Waals surface area contributed by atoms with E-state index in [4.69, 9.17) is 9.47 Å². The van der Waals surface area contributed by atoms with Crippen molar-refractivity contribution < 1.29 is 14.3 Å². The summed E-state index contributed by atoms with van der Waals surface area (Å²) in [5, 5.41) is 2.96. The van der Waals surface area contributed by atoms with Gasteiger partial charge in [0, 0.05) is 5.56 Å². The summed E-state index contributed by atoms with van der Waals surface area (Å²) in [5.74, 6) is 1.20. The Labute approximate surface area is 136 Å². The van der Waals surface area contributed by atoms with Gasteiger partial charge in [-0.15, -0.1) is 0 Å². The number of hydrogen-bond donors (Lipinski definition) is 1. The molecule has 0 aliphatic heterocycles. The summed E-state index contributed by atoms with van der Waals surface area (Å²) < 4.78 is 10.6. The zero-order valence-electron chi connectivity index (χ0n) is 13.5. The number of carbonyl (C=O) groups excluding carboxylic acids is 1. The lowest BCUT2D eigenvalue weighted by atomic mass is 9.91. The minimum Gasteiger partial charge on any atom is -0.497 e. The first kappa shape index (κ1) is 15.4. The van der Waals surface area contributed by atoms with Crippen molar-refractivity contribution >= 4 is 11.6 Å². The van der Waals surface area contributed by atoms with Gasteiger partial charge in [-0.2, -0.15) is 0 Å². The number of amides is 1. The van der Waals surface area contributed by atoms with Crippen LogP contribution in [0.1, 0.15) is 34.3 Å². The Balaban J connectivity index is 1.87. The van der Waals surface area contributed by atoms with Gasteiger partial charge >= 0.3 is 0 Å². The first-order valence-corrected chi connectivity index (χ1v) is 7.86. The topological polar surface area (TPSA) is 47.6 Å². The number of benzene rings is 2. The maximum Gasteiger partial charge on any atom is 0.255 e. The molecule has 0 aromatic heterocycles. The Morgan fingerprint density at radius 2 is 1.74 bits per heavy atom. The summed E-state index contributed by atoms with van der Waals surface area (Å²) in [6.45, 7) is 0. The van der Waals surface area contributed by atoms with Crippen LogP contribution in [0.3, 0.4) is 0 Å². The molecule has 4 heteroatoms. The highest BCUT2D eigenvalue weighted by Gasteiger charge is 2.16. The predicted molar refractivity (Wildman–Crippen MR) is 90.6 cm³/mol. The molecule has 0 bridgehead atoms. The van der Waals surface area contributed by atoms with Crippen molar-refractivity contribution in [1.82, 2.24) is 0 Å². The van der Waals surface area contributed by atoms with E-state index in [2.05, 4.69) is 11.4 Å². The Morgan fingerprint density at radius 3 is 2.43 bits per heavy atom. The van der Waals surface area contributed by atoms with Gasteiger partial charge in [0.25, 0.3) is 5.91 Å². The number of fused-ring (bicyclic) bond motifs is 1. The molecule has 0 heterocycles. The average molecular weight is 311 g/mol. The largest absolute Gasteiger partial charge is 0.497 e. The van der Waals surface area contributed by atoms with Crippen molar-refractivity contribution in [3.05, 3.63) is 53.1 Å². The maximum atomic E-state index is 12.5. The summed E-state index contributed by atoms with van der Waals surface area (Å²) in [5.41, 5.74) is 3.91. The van der Waals surface area contributed by atoms with Gasteiger partial charge in [0.05, 0.1) is 19.9 Å². The molecule has 0 unspecified atom stereocenters. The third-order valence-corrected chi connectivity index (χ3v) is 4.24. The molecule has 1 amide bonds. The van der Waals surface area contributed by atoms with Crippen LogP contribution in [0.15, 0.2) is 36.4 Å². The fraction of sp³-hybridized carbons (Fsp3) is 0.316. The van der Waals surface area contributed by atoms with Crippen LogP contribution in [0, 0.1) is 0 Å². The number of methoxy groups -OCH3 is 2. The lowest BCUT2D eigenvalue weighted by Crippen LogP contribution is -2.14. The minimum atomic E-state index is -0.169. The molecule has 120 valence electrons. The van der Waals surface area contributed by atoms with Crippen LogP contribution in [0.5, 0.6) is 11.5 Å². The van der Waals surface area contributed by atoms with E-state index in [1.54, 1.807) is 32.4 Å². The fourth-order valence-electron chi connectivity index (χ4n) is 2.99. The van der Waals surface area contributed by atoms with Gasteiger partial charge < -0.3 is 14.8 Å². The van der Waals surface area contributed by atoms with E-state index in [9.17, 15) is 4.79 Å². The highest BCUT2D eigenvalue weighted by atomic mass is 16.5. The molecular weight excluding hydrogens is 290 g/mol. The molecule has 1 aliphatic rings. The summed E-state index contributed by atoms with van der Waals surface area (Å²) in [7, 11) is 3.22. The Bertz CT molecular complexity index is 725. The molecule has 2 aromatic rings. The lowest BCUT2D eigenvalue weighted by molar-refractivity contribution is 0.102. The third-order valence-electron chi connectivity index (χ3n) is 4.24. The molecule has 0 radical (unpaired) electrons. The second kappa shape index (κ2) is 6.73. The Morgan fingerprint density at radius 1 is 1.00 bits per heavy atom. The normalized spacial score (nSPS) is 13.1. The number of carbonyl (C=O) groups is 1. The first-order valence-electron chi connectivity index (χ1n) is 7.86. The highest BCUT2D eigenvalue weighted by molar-refractivity contribution is 6.05. The number of hydrogen-bond acceptors (Lipinski definition) is 3. The van der Waals surface area contributed by atoms with Crippen LogP contribution in [-0.4, -0.2) is 20.1 Å².